The Bertz CT molecular complexity index is 738. The van der Waals surface area contributed by atoms with E-state index in [2.05, 4.69) is 4.74 Å². The van der Waals surface area contributed by atoms with Crippen molar-refractivity contribution in [3.05, 3.63) is 28.1 Å². The number of nitrogens with two attached hydrogens (primary N) is 1. The number of nitro benzene ring substituents is 1. The van der Waals surface area contributed by atoms with Crippen molar-refractivity contribution in [3.8, 4) is 5.75 Å². The second kappa shape index (κ2) is 6.99. The lowest BCUT2D eigenvalue weighted by Crippen LogP contribution is -2.51. The van der Waals surface area contributed by atoms with E-state index in [1.165, 1.54) is 4.31 Å². The highest BCUT2D eigenvalue weighted by Crippen LogP contribution is 2.35. The molecule has 134 valence electrons. The highest BCUT2D eigenvalue weighted by atomic mass is 32.2. The van der Waals surface area contributed by atoms with Crippen molar-refractivity contribution in [2.24, 2.45) is 5.73 Å². The van der Waals surface area contributed by atoms with Crippen LogP contribution in [0.25, 0.3) is 0 Å². The summed E-state index contributed by atoms with van der Waals surface area (Å²) in [5, 5.41) is 11.1. The summed E-state index contributed by atoms with van der Waals surface area (Å²) in [5.41, 5.74) is 5.15. The molecule has 0 saturated carbocycles. The first-order chi connectivity index (χ1) is 11.2. The molecule has 1 fully saturated rings. The quantitative estimate of drug-likeness (QED) is 0.629. The van der Waals surface area contributed by atoms with E-state index in [4.69, 9.17) is 5.73 Å². The highest BCUT2D eigenvalue weighted by Gasteiger charge is 2.37. The third-order valence-electron chi connectivity index (χ3n) is 4.11. The Kier molecular flexibility index (Phi) is 5.41. The second-order valence-electron chi connectivity index (χ2n) is 5.75. The fourth-order valence-electron chi connectivity index (χ4n) is 2.93. The molecule has 0 bridgehead atoms. The lowest BCUT2D eigenvalue weighted by Gasteiger charge is -2.36. The van der Waals surface area contributed by atoms with E-state index in [0.29, 0.717) is 12.8 Å². The molecule has 1 aliphatic rings. The Morgan fingerprint density at radius 1 is 1.46 bits per heavy atom. The maximum atomic E-state index is 14.1. The zero-order valence-corrected chi connectivity index (χ0v) is 14.3. The number of rotatable bonds is 5. The molecule has 8 nitrogen and oxygen atoms in total. The largest absolute Gasteiger partial charge is 0.488 e. The minimum atomic E-state index is -4.11. The monoisotopic (exact) mass is 361 g/mol. The number of nitro groups is 1. The Morgan fingerprint density at radius 3 is 2.67 bits per heavy atom. The van der Waals surface area contributed by atoms with Gasteiger partial charge < -0.3 is 10.5 Å². The van der Waals surface area contributed by atoms with Gasteiger partial charge in [0.25, 0.3) is 0 Å². The number of hydrogen-bond donors (Lipinski definition) is 1. The fraction of sp³-hybridized carbons (Fsp3) is 0.571. The van der Waals surface area contributed by atoms with E-state index in [0.717, 1.165) is 25.7 Å². The van der Waals surface area contributed by atoms with E-state index in [1.807, 2.05) is 0 Å². The molecule has 0 spiro atoms. The molecule has 0 amide bonds. The van der Waals surface area contributed by atoms with Crippen molar-refractivity contribution in [1.29, 1.82) is 0 Å². The van der Waals surface area contributed by atoms with Gasteiger partial charge in [-0.15, -0.1) is 0 Å². The van der Waals surface area contributed by atoms with E-state index in [-0.39, 0.29) is 6.54 Å². The van der Waals surface area contributed by atoms with Crippen LogP contribution < -0.4 is 10.5 Å². The zero-order valence-electron chi connectivity index (χ0n) is 13.4. The first-order valence-electron chi connectivity index (χ1n) is 7.49. The van der Waals surface area contributed by atoms with Crippen molar-refractivity contribution in [3.63, 3.8) is 0 Å². The van der Waals surface area contributed by atoms with Crippen LogP contribution in [-0.2, 0) is 10.0 Å². The Balaban J connectivity index is 2.55. The zero-order chi connectivity index (χ0) is 18.1. The summed E-state index contributed by atoms with van der Waals surface area (Å²) < 4.78 is 45.7. The number of methoxy groups -OCH3 is 1. The van der Waals surface area contributed by atoms with Crippen molar-refractivity contribution in [1.82, 2.24) is 4.31 Å². The molecule has 2 rings (SSSR count). The van der Waals surface area contributed by atoms with E-state index < -0.39 is 49.2 Å². The second-order valence-corrected chi connectivity index (χ2v) is 7.64. The molecule has 1 aliphatic heterocycles. The summed E-state index contributed by atoms with van der Waals surface area (Å²) in [5.74, 6) is -1.69. The van der Waals surface area contributed by atoms with E-state index in [9.17, 15) is 22.9 Å². The van der Waals surface area contributed by atoms with Crippen LogP contribution in [0.5, 0.6) is 5.75 Å². The van der Waals surface area contributed by atoms with Crippen LogP contribution in [0.1, 0.15) is 26.2 Å². The molecule has 1 heterocycles. The molecule has 10 heteroatoms. The van der Waals surface area contributed by atoms with Crippen LogP contribution in [-0.4, -0.2) is 43.4 Å². The smallest absolute Gasteiger partial charge is 0.315 e. The van der Waals surface area contributed by atoms with Gasteiger partial charge in [0.2, 0.25) is 15.8 Å². The van der Waals surface area contributed by atoms with Crippen molar-refractivity contribution < 1.29 is 22.5 Å². The molecule has 1 aromatic carbocycles. The molecule has 0 aromatic heterocycles. The van der Waals surface area contributed by atoms with Crippen LogP contribution >= 0.6 is 0 Å². The van der Waals surface area contributed by atoms with Gasteiger partial charge in [-0.25, -0.2) is 12.8 Å². The van der Waals surface area contributed by atoms with Gasteiger partial charge in [0.1, 0.15) is 0 Å². The summed E-state index contributed by atoms with van der Waals surface area (Å²) in [6.07, 6.45) is 2.09. The molecule has 0 radical (unpaired) electrons. The van der Waals surface area contributed by atoms with Crippen LogP contribution in [0.15, 0.2) is 17.0 Å². The van der Waals surface area contributed by atoms with Gasteiger partial charge in [-0.2, -0.15) is 4.31 Å². The topological polar surface area (TPSA) is 116 Å². The van der Waals surface area contributed by atoms with E-state index in [1.54, 1.807) is 6.92 Å². The summed E-state index contributed by atoms with van der Waals surface area (Å²) in [6, 6.07) is 0.740. The molecular formula is C14H20FN3O5S. The summed E-state index contributed by atoms with van der Waals surface area (Å²) >= 11 is 0. The predicted octanol–water partition coefficient (Wildman–Crippen LogP) is 1.63. The van der Waals surface area contributed by atoms with Crippen LogP contribution in [0.4, 0.5) is 10.1 Å². The molecule has 2 N–H and O–H groups in total. The fourth-order valence-corrected chi connectivity index (χ4v) is 4.74. The van der Waals surface area contributed by atoms with Crippen LogP contribution in [0.2, 0.25) is 0 Å². The van der Waals surface area contributed by atoms with Gasteiger partial charge in [0.15, 0.2) is 5.82 Å². The van der Waals surface area contributed by atoms with E-state index >= 15 is 0 Å². The van der Waals surface area contributed by atoms with Gasteiger partial charge in [-0.3, -0.25) is 10.1 Å². The molecule has 0 aliphatic carbocycles. The molecule has 2 atom stereocenters. The van der Waals surface area contributed by atoms with Crippen LogP contribution in [0.3, 0.4) is 0 Å². The number of piperidine rings is 1. The number of hydrogen-bond acceptors (Lipinski definition) is 6. The Labute approximate surface area is 139 Å². The van der Waals surface area contributed by atoms with Gasteiger partial charge in [-0.05, 0) is 25.8 Å². The third-order valence-corrected chi connectivity index (χ3v) is 6.01. The number of benzene rings is 1. The number of halogens is 1. The Hall–Kier alpha value is -1.78. The summed E-state index contributed by atoms with van der Waals surface area (Å²) in [6.45, 7) is 1.95. The third kappa shape index (κ3) is 3.35. The van der Waals surface area contributed by atoms with Crippen molar-refractivity contribution in [2.45, 2.75) is 43.2 Å². The molecular weight excluding hydrogens is 341 g/mol. The van der Waals surface area contributed by atoms with Gasteiger partial charge in [-0.1, -0.05) is 6.42 Å². The lowest BCUT2D eigenvalue weighted by molar-refractivity contribution is -0.386. The maximum Gasteiger partial charge on any atom is 0.315 e. The highest BCUT2D eigenvalue weighted by molar-refractivity contribution is 7.89. The minimum absolute atomic E-state index is 0.246. The first-order valence-corrected chi connectivity index (χ1v) is 8.93. The van der Waals surface area contributed by atoms with Crippen molar-refractivity contribution >= 4 is 15.7 Å². The SMILES string of the molecule is COc1c(F)cc(S(=O)(=O)N2CCCCC2C(C)N)cc1[N+](=O)[O-]. The average molecular weight is 361 g/mol. The number of nitrogens with zero attached hydrogens (tertiary/aromatic N) is 2. The lowest BCUT2D eigenvalue weighted by atomic mass is 10.00. The minimum Gasteiger partial charge on any atom is -0.488 e. The first kappa shape index (κ1) is 18.6. The van der Waals surface area contributed by atoms with Crippen LogP contribution in [0, 0.1) is 15.9 Å². The Morgan fingerprint density at radius 2 is 2.12 bits per heavy atom. The van der Waals surface area contributed by atoms with Crippen molar-refractivity contribution in [2.75, 3.05) is 13.7 Å². The molecule has 24 heavy (non-hydrogen) atoms. The molecule has 2 unspecified atom stereocenters. The predicted molar refractivity (Wildman–Crippen MR) is 84.8 cm³/mol. The maximum absolute atomic E-state index is 14.1. The van der Waals surface area contributed by atoms with Gasteiger partial charge in [0.05, 0.1) is 16.9 Å². The average Bonchev–Trinajstić information content (AvgIpc) is 2.53. The molecule has 1 aromatic rings. The summed E-state index contributed by atoms with van der Waals surface area (Å²) in [4.78, 5) is 9.74. The normalized spacial score (nSPS) is 20.6. The van der Waals surface area contributed by atoms with Gasteiger partial charge >= 0.3 is 5.69 Å². The molecule has 1 saturated heterocycles. The summed E-state index contributed by atoms with van der Waals surface area (Å²) in [7, 11) is -3.03. The van der Waals surface area contributed by atoms with Gasteiger partial charge in [0, 0.05) is 24.7 Å². The standard InChI is InChI=1S/C14H20FN3O5S/c1-9(16)12-5-3-4-6-17(12)24(21,22)10-7-11(15)14(23-2)13(8-10)18(19)20/h7-9,12H,3-6,16H2,1-2H3. The number of ether oxygens (including phenoxy) is 1. The number of sulfonamides is 1.